The van der Waals surface area contributed by atoms with E-state index in [0.29, 0.717) is 11.3 Å². The first-order valence-corrected chi connectivity index (χ1v) is 6.30. The predicted molar refractivity (Wildman–Crippen MR) is 76.3 cm³/mol. The summed E-state index contributed by atoms with van der Waals surface area (Å²) in [6, 6.07) is 5.13. The van der Waals surface area contributed by atoms with Gasteiger partial charge in [-0.25, -0.2) is 9.67 Å². The van der Waals surface area contributed by atoms with Gasteiger partial charge in [-0.15, -0.1) is 0 Å². The fraction of sp³-hybridized carbons (Fsp3) is 0.308. The van der Waals surface area contributed by atoms with E-state index in [1.54, 1.807) is 18.2 Å². The van der Waals surface area contributed by atoms with E-state index < -0.39 is 6.23 Å². The van der Waals surface area contributed by atoms with Crippen LogP contribution < -0.4 is 10.1 Å². The monoisotopic (exact) mass is 291 g/mol. The van der Waals surface area contributed by atoms with Crippen molar-refractivity contribution < 1.29 is 14.9 Å². The lowest BCUT2D eigenvalue weighted by Gasteiger charge is -2.10. The fourth-order valence-electron chi connectivity index (χ4n) is 1.68. The Balaban J connectivity index is 1.82. The maximum absolute atomic E-state index is 9.86. The summed E-state index contributed by atoms with van der Waals surface area (Å²) in [6.07, 6.45) is 3.63. The van der Waals surface area contributed by atoms with E-state index in [-0.39, 0.29) is 19.0 Å². The molecule has 3 N–H and O–H groups in total. The van der Waals surface area contributed by atoms with Crippen LogP contribution in [0.4, 0.5) is 0 Å². The number of aliphatic hydroxyl groups excluding tert-OH is 1. The first-order valence-electron chi connectivity index (χ1n) is 6.30. The molecule has 112 valence electrons. The number of nitrogens with one attached hydrogen (secondary N) is 1. The Morgan fingerprint density at radius 3 is 3.10 bits per heavy atom. The minimum atomic E-state index is -0.789. The van der Waals surface area contributed by atoms with Gasteiger partial charge in [-0.1, -0.05) is 6.07 Å². The van der Waals surface area contributed by atoms with Crippen LogP contribution in [0.3, 0.4) is 0 Å². The molecule has 2 aromatic rings. The van der Waals surface area contributed by atoms with Crippen molar-refractivity contribution in [3.8, 4) is 11.5 Å². The maximum Gasteiger partial charge on any atom is 0.166 e. The van der Waals surface area contributed by atoms with E-state index in [2.05, 4.69) is 20.4 Å². The number of hydrogen-bond donors (Lipinski definition) is 3. The zero-order chi connectivity index (χ0) is 15.1. The molecular weight excluding hydrogens is 274 g/mol. The van der Waals surface area contributed by atoms with Crippen molar-refractivity contribution in [3.05, 3.63) is 36.4 Å². The first kappa shape index (κ1) is 14.9. The van der Waals surface area contributed by atoms with E-state index in [1.807, 2.05) is 0 Å². The highest BCUT2D eigenvalue weighted by Gasteiger charge is 2.05. The second-order valence-corrected chi connectivity index (χ2v) is 4.21. The van der Waals surface area contributed by atoms with Crippen LogP contribution in [0.5, 0.6) is 11.5 Å². The lowest BCUT2D eigenvalue weighted by atomic mass is 10.2. The number of aliphatic imine (C=N–C) groups is 1. The quantitative estimate of drug-likeness (QED) is 0.489. The largest absolute Gasteiger partial charge is 0.504 e. The molecule has 0 bridgehead atoms. The summed E-state index contributed by atoms with van der Waals surface area (Å²) in [4.78, 5) is 7.87. The molecule has 1 atom stereocenters. The Bertz CT molecular complexity index is 585. The van der Waals surface area contributed by atoms with Gasteiger partial charge in [0.15, 0.2) is 11.5 Å². The average molecular weight is 291 g/mol. The van der Waals surface area contributed by atoms with Crippen molar-refractivity contribution in [2.45, 2.75) is 12.8 Å². The van der Waals surface area contributed by atoms with Gasteiger partial charge in [0.2, 0.25) is 0 Å². The third kappa shape index (κ3) is 4.26. The van der Waals surface area contributed by atoms with Crippen LogP contribution in [-0.4, -0.2) is 51.2 Å². The number of nitrogens with zero attached hydrogens (tertiary/aromatic N) is 4. The molecule has 0 aliphatic rings. The first-order chi connectivity index (χ1) is 10.2. The molecule has 0 fully saturated rings. The highest BCUT2D eigenvalue weighted by Crippen LogP contribution is 2.27. The molecule has 0 saturated heterocycles. The molecule has 8 nitrogen and oxygen atoms in total. The molecule has 0 saturated carbocycles. The molecule has 2 rings (SSSR count). The van der Waals surface area contributed by atoms with Gasteiger partial charge in [0.1, 0.15) is 18.9 Å². The molecule has 0 spiro atoms. The van der Waals surface area contributed by atoms with Crippen LogP contribution in [0.1, 0.15) is 5.56 Å². The average Bonchev–Trinajstić information content (AvgIpc) is 2.98. The van der Waals surface area contributed by atoms with Gasteiger partial charge in [0.25, 0.3) is 0 Å². The van der Waals surface area contributed by atoms with Crippen LogP contribution in [0.25, 0.3) is 0 Å². The van der Waals surface area contributed by atoms with Crippen LogP contribution in [0.2, 0.25) is 0 Å². The minimum Gasteiger partial charge on any atom is -0.504 e. The Morgan fingerprint density at radius 1 is 1.52 bits per heavy atom. The molecule has 1 aromatic carbocycles. The molecule has 0 radical (unpaired) electrons. The minimum absolute atomic E-state index is 0.0342. The molecule has 0 amide bonds. The second kappa shape index (κ2) is 7.36. The number of rotatable bonds is 7. The van der Waals surface area contributed by atoms with E-state index in [9.17, 15) is 10.2 Å². The van der Waals surface area contributed by atoms with Crippen molar-refractivity contribution in [1.29, 1.82) is 0 Å². The van der Waals surface area contributed by atoms with Gasteiger partial charge in [-0.05, 0) is 12.1 Å². The topological polar surface area (TPSA) is 105 Å². The van der Waals surface area contributed by atoms with Crippen molar-refractivity contribution in [2.24, 2.45) is 4.99 Å². The van der Waals surface area contributed by atoms with Gasteiger partial charge in [0, 0.05) is 11.8 Å². The highest BCUT2D eigenvalue weighted by atomic mass is 16.5. The third-order valence-electron chi connectivity index (χ3n) is 2.73. The normalized spacial score (nSPS) is 12.7. The third-order valence-corrected chi connectivity index (χ3v) is 2.73. The summed E-state index contributed by atoms with van der Waals surface area (Å²) in [6.45, 7) is 0.479. The van der Waals surface area contributed by atoms with Gasteiger partial charge in [-0.2, -0.15) is 5.10 Å². The number of phenols is 1. The highest BCUT2D eigenvalue weighted by molar-refractivity contribution is 5.84. The van der Waals surface area contributed by atoms with Gasteiger partial charge in [-0.3, -0.25) is 10.3 Å². The van der Waals surface area contributed by atoms with Crippen molar-refractivity contribution in [2.75, 3.05) is 13.8 Å². The summed E-state index contributed by atoms with van der Waals surface area (Å²) < 4.78 is 6.52. The number of aromatic nitrogens is 3. The number of aliphatic hydroxyl groups is 1. The van der Waals surface area contributed by atoms with Gasteiger partial charge in [0.05, 0.1) is 20.3 Å². The van der Waals surface area contributed by atoms with E-state index >= 15 is 0 Å². The molecule has 1 heterocycles. The predicted octanol–water partition coefficient (Wildman–Crippen LogP) is -0.0231. The van der Waals surface area contributed by atoms with Crippen molar-refractivity contribution in [1.82, 2.24) is 20.1 Å². The Hall–Kier alpha value is -2.45. The lowest BCUT2D eigenvalue weighted by Crippen LogP contribution is -2.33. The molecule has 21 heavy (non-hydrogen) atoms. The Kier molecular flexibility index (Phi) is 5.24. The van der Waals surface area contributed by atoms with Gasteiger partial charge >= 0.3 is 0 Å². The SMILES string of the molecule is COc1cccc(C=NCNC(O)Cn2cncn2)c1O. The van der Waals surface area contributed by atoms with Crippen LogP contribution in [-0.2, 0) is 6.54 Å². The zero-order valence-corrected chi connectivity index (χ0v) is 11.5. The number of hydrogen-bond acceptors (Lipinski definition) is 7. The van der Waals surface area contributed by atoms with Crippen molar-refractivity contribution in [3.63, 3.8) is 0 Å². The molecule has 8 heteroatoms. The number of methoxy groups -OCH3 is 1. The second-order valence-electron chi connectivity index (χ2n) is 4.21. The summed E-state index contributed by atoms with van der Waals surface area (Å²) in [5.41, 5.74) is 0.543. The van der Waals surface area contributed by atoms with E-state index in [4.69, 9.17) is 4.74 Å². The fourth-order valence-corrected chi connectivity index (χ4v) is 1.68. The van der Waals surface area contributed by atoms with Crippen LogP contribution in [0, 0.1) is 0 Å². The van der Waals surface area contributed by atoms with Gasteiger partial charge < -0.3 is 14.9 Å². The Labute approximate surface area is 121 Å². The summed E-state index contributed by atoms with van der Waals surface area (Å²) in [5, 5.41) is 26.3. The zero-order valence-electron chi connectivity index (χ0n) is 11.5. The number of ether oxygens (including phenoxy) is 1. The van der Waals surface area contributed by atoms with Crippen LogP contribution in [0.15, 0.2) is 35.8 Å². The van der Waals surface area contributed by atoms with Crippen LogP contribution >= 0.6 is 0 Å². The maximum atomic E-state index is 9.86. The number of phenolic OH excluding ortho intramolecular Hbond substituents is 1. The Morgan fingerprint density at radius 2 is 2.38 bits per heavy atom. The summed E-state index contributed by atoms with van der Waals surface area (Å²) >= 11 is 0. The molecule has 0 aliphatic heterocycles. The molecule has 1 unspecified atom stereocenters. The number of aromatic hydroxyl groups is 1. The summed E-state index contributed by atoms with van der Waals surface area (Å²) in [7, 11) is 1.48. The lowest BCUT2D eigenvalue weighted by molar-refractivity contribution is 0.115. The van der Waals surface area contributed by atoms with Crippen molar-refractivity contribution >= 4 is 6.21 Å². The van der Waals surface area contributed by atoms with E-state index in [1.165, 1.54) is 30.7 Å². The van der Waals surface area contributed by atoms with E-state index in [0.717, 1.165) is 0 Å². The number of para-hydroxylation sites is 1. The molecule has 0 aliphatic carbocycles. The standard InChI is InChI=1S/C13H17N5O3/c1-21-11-4-2-3-10(13(11)20)5-14-7-16-12(19)6-18-9-15-8-17-18/h2-5,8-9,12,16,19-20H,6-7H2,1H3. The molecular formula is C13H17N5O3. The molecule has 1 aromatic heterocycles. The smallest absolute Gasteiger partial charge is 0.166 e. The summed E-state index contributed by atoms with van der Waals surface area (Å²) in [5.74, 6) is 0.421. The number of benzene rings is 1.